The average Bonchev–Trinajstić information content (AvgIpc) is 2.94. The fraction of sp³-hybridized carbons (Fsp3) is 0.158. The van der Waals surface area contributed by atoms with Gasteiger partial charge in [0.15, 0.2) is 11.6 Å². The van der Waals surface area contributed by atoms with Crippen molar-refractivity contribution in [3.63, 3.8) is 0 Å². The summed E-state index contributed by atoms with van der Waals surface area (Å²) in [5.74, 6) is -0.152. The second-order valence-electron chi connectivity index (χ2n) is 6.02. The van der Waals surface area contributed by atoms with E-state index in [-0.39, 0.29) is 11.7 Å². The van der Waals surface area contributed by atoms with Crippen LogP contribution in [-0.2, 0) is 0 Å². The predicted octanol–water partition coefficient (Wildman–Crippen LogP) is 2.71. The minimum atomic E-state index is -0.471. The lowest BCUT2D eigenvalue weighted by Gasteiger charge is -2.08. The minimum Gasteiger partial charge on any atom is -0.494 e. The summed E-state index contributed by atoms with van der Waals surface area (Å²) in [5, 5.41) is 4.18. The highest BCUT2D eigenvalue weighted by Crippen LogP contribution is 2.35. The maximum absolute atomic E-state index is 14.8. The first-order valence-corrected chi connectivity index (χ1v) is 8.24. The van der Waals surface area contributed by atoms with Gasteiger partial charge in [-0.05, 0) is 31.5 Å². The molecule has 8 heteroatoms. The van der Waals surface area contributed by atoms with E-state index < -0.39 is 11.5 Å². The van der Waals surface area contributed by atoms with Crippen LogP contribution in [0.25, 0.3) is 22.6 Å². The first kappa shape index (κ1) is 16.9. The Morgan fingerprint density at radius 2 is 1.85 bits per heavy atom. The van der Waals surface area contributed by atoms with Gasteiger partial charge in [0, 0.05) is 29.2 Å². The summed E-state index contributed by atoms with van der Waals surface area (Å²) >= 11 is 0. The van der Waals surface area contributed by atoms with E-state index >= 15 is 0 Å². The molecule has 0 bridgehead atoms. The number of nitrogens with zero attached hydrogens (tertiary/aromatic N) is 5. The summed E-state index contributed by atoms with van der Waals surface area (Å²) in [5.41, 5.74) is 2.54. The normalized spacial score (nSPS) is 11.1. The SMILES string of the molecule is COc1cccc(-c2c(C)c3cnn(-c4ncccn4)c(=O)n3c2C)c1F. The zero-order chi connectivity index (χ0) is 19.1. The third kappa shape index (κ3) is 2.49. The van der Waals surface area contributed by atoms with Crippen LogP contribution < -0.4 is 10.4 Å². The molecule has 7 nitrogen and oxygen atoms in total. The van der Waals surface area contributed by atoms with Crippen molar-refractivity contribution < 1.29 is 9.13 Å². The summed E-state index contributed by atoms with van der Waals surface area (Å²) in [4.78, 5) is 21.2. The van der Waals surface area contributed by atoms with Crippen molar-refractivity contribution in [2.45, 2.75) is 13.8 Å². The fourth-order valence-electron chi connectivity index (χ4n) is 3.31. The molecule has 136 valence electrons. The molecule has 4 rings (SSSR count). The molecule has 0 saturated heterocycles. The number of hydrogen-bond acceptors (Lipinski definition) is 5. The molecule has 0 N–H and O–H groups in total. The van der Waals surface area contributed by atoms with Crippen molar-refractivity contribution in [3.05, 3.63) is 70.4 Å². The van der Waals surface area contributed by atoms with Gasteiger partial charge < -0.3 is 4.74 Å². The van der Waals surface area contributed by atoms with Gasteiger partial charge >= 0.3 is 5.69 Å². The van der Waals surface area contributed by atoms with Crippen molar-refractivity contribution in [2.24, 2.45) is 0 Å². The van der Waals surface area contributed by atoms with Crippen LogP contribution in [-0.4, -0.2) is 31.3 Å². The summed E-state index contributed by atoms with van der Waals surface area (Å²) in [6, 6.07) is 6.59. The molecule has 0 aliphatic carbocycles. The third-order valence-electron chi connectivity index (χ3n) is 4.56. The molecule has 0 spiro atoms. The second-order valence-corrected chi connectivity index (χ2v) is 6.02. The molecule has 3 aromatic heterocycles. The Hall–Kier alpha value is -3.55. The third-order valence-corrected chi connectivity index (χ3v) is 4.56. The van der Waals surface area contributed by atoms with Gasteiger partial charge in [0.2, 0.25) is 0 Å². The van der Waals surface area contributed by atoms with Crippen LogP contribution in [0.1, 0.15) is 11.3 Å². The standard InChI is InChI=1S/C19H16FN5O2/c1-11-14-10-23-25(18-21-8-5-9-22-18)19(26)24(14)12(2)16(11)13-6-4-7-15(27-3)17(13)20/h4-10H,1-3H3. The summed E-state index contributed by atoms with van der Waals surface area (Å²) < 4.78 is 22.5. The molecule has 1 aromatic carbocycles. The average molecular weight is 365 g/mol. The van der Waals surface area contributed by atoms with E-state index in [9.17, 15) is 9.18 Å². The number of ether oxygens (including phenoxy) is 1. The van der Waals surface area contributed by atoms with Crippen LogP contribution >= 0.6 is 0 Å². The predicted molar refractivity (Wildman–Crippen MR) is 97.8 cm³/mol. The van der Waals surface area contributed by atoms with Crippen molar-refractivity contribution in [2.75, 3.05) is 7.11 Å². The Morgan fingerprint density at radius 1 is 1.11 bits per heavy atom. The van der Waals surface area contributed by atoms with E-state index in [1.807, 2.05) is 6.92 Å². The lowest BCUT2D eigenvalue weighted by molar-refractivity contribution is 0.387. The van der Waals surface area contributed by atoms with Crippen molar-refractivity contribution in [3.8, 4) is 22.8 Å². The first-order chi connectivity index (χ1) is 13.0. The Balaban J connectivity index is 2.03. The highest BCUT2D eigenvalue weighted by Gasteiger charge is 2.21. The molecule has 0 fully saturated rings. The van der Waals surface area contributed by atoms with E-state index in [1.165, 1.54) is 23.9 Å². The van der Waals surface area contributed by atoms with Crippen LogP contribution in [0.15, 0.2) is 47.7 Å². The summed E-state index contributed by atoms with van der Waals surface area (Å²) in [7, 11) is 1.42. The van der Waals surface area contributed by atoms with Crippen molar-refractivity contribution in [1.82, 2.24) is 24.1 Å². The maximum Gasteiger partial charge on any atom is 0.356 e. The number of halogens is 1. The summed E-state index contributed by atoms with van der Waals surface area (Å²) in [6.45, 7) is 3.60. The largest absolute Gasteiger partial charge is 0.494 e. The lowest BCUT2D eigenvalue weighted by Crippen LogP contribution is -2.29. The highest BCUT2D eigenvalue weighted by molar-refractivity contribution is 5.79. The van der Waals surface area contributed by atoms with E-state index in [0.717, 1.165) is 10.2 Å². The highest BCUT2D eigenvalue weighted by atomic mass is 19.1. The van der Waals surface area contributed by atoms with Crippen LogP contribution in [0.3, 0.4) is 0 Å². The molecule has 0 radical (unpaired) electrons. The van der Waals surface area contributed by atoms with Gasteiger partial charge in [0.05, 0.1) is 18.8 Å². The van der Waals surface area contributed by atoms with Crippen LogP contribution in [0.4, 0.5) is 4.39 Å². The van der Waals surface area contributed by atoms with E-state index in [2.05, 4.69) is 15.1 Å². The smallest absolute Gasteiger partial charge is 0.356 e. The zero-order valence-electron chi connectivity index (χ0n) is 15.0. The topological polar surface area (TPSA) is 74.3 Å². The van der Waals surface area contributed by atoms with Gasteiger partial charge in [-0.25, -0.2) is 19.2 Å². The molecular weight excluding hydrogens is 349 g/mol. The quantitative estimate of drug-likeness (QED) is 0.558. The van der Waals surface area contributed by atoms with Gasteiger partial charge in [-0.15, -0.1) is 4.68 Å². The van der Waals surface area contributed by atoms with Gasteiger partial charge in [0.25, 0.3) is 5.95 Å². The molecule has 0 atom stereocenters. The molecule has 4 aromatic rings. The Labute approximate surface area is 153 Å². The number of methoxy groups -OCH3 is 1. The van der Waals surface area contributed by atoms with Crippen LogP contribution in [0.5, 0.6) is 5.75 Å². The Morgan fingerprint density at radius 3 is 2.56 bits per heavy atom. The maximum atomic E-state index is 14.8. The van der Waals surface area contributed by atoms with Gasteiger partial charge in [-0.1, -0.05) is 12.1 Å². The molecule has 3 heterocycles. The first-order valence-electron chi connectivity index (χ1n) is 8.24. The van der Waals surface area contributed by atoms with Crippen molar-refractivity contribution >= 4 is 5.52 Å². The molecular formula is C19H16FN5O2. The number of aryl methyl sites for hydroxylation is 2. The van der Waals surface area contributed by atoms with E-state index in [4.69, 9.17) is 4.74 Å². The van der Waals surface area contributed by atoms with Gasteiger partial charge in [0.1, 0.15) is 0 Å². The fourth-order valence-corrected chi connectivity index (χ4v) is 3.31. The lowest BCUT2D eigenvalue weighted by atomic mass is 10.0. The molecule has 0 aliphatic rings. The molecule has 0 amide bonds. The number of fused-ring (bicyclic) bond motifs is 1. The Bertz CT molecular complexity index is 1210. The zero-order valence-corrected chi connectivity index (χ0v) is 15.0. The number of aromatic nitrogens is 5. The van der Waals surface area contributed by atoms with E-state index in [1.54, 1.807) is 37.4 Å². The van der Waals surface area contributed by atoms with Crippen molar-refractivity contribution in [1.29, 1.82) is 0 Å². The summed E-state index contributed by atoms with van der Waals surface area (Å²) in [6.07, 6.45) is 4.62. The number of hydrogen-bond donors (Lipinski definition) is 0. The molecule has 27 heavy (non-hydrogen) atoms. The Kier molecular flexibility index (Phi) is 3.95. The number of benzene rings is 1. The van der Waals surface area contributed by atoms with E-state index in [0.29, 0.717) is 22.3 Å². The van der Waals surface area contributed by atoms with Gasteiger partial charge in [-0.2, -0.15) is 5.10 Å². The second kappa shape index (κ2) is 6.31. The monoisotopic (exact) mass is 365 g/mol. The number of rotatable bonds is 3. The van der Waals surface area contributed by atoms with Gasteiger partial charge in [-0.3, -0.25) is 4.40 Å². The minimum absolute atomic E-state index is 0.148. The molecule has 0 aliphatic heterocycles. The molecule has 0 saturated carbocycles. The van der Waals surface area contributed by atoms with Crippen LogP contribution in [0, 0.1) is 19.7 Å². The molecule has 0 unspecified atom stereocenters. The van der Waals surface area contributed by atoms with Crippen LogP contribution in [0.2, 0.25) is 0 Å².